The number of hydrogen-bond donors (Lipinski definition) is 1. The molecule has 1 aliphatic heterocycles. The molecular formula is C12H18N2O3. The van der Waals surface area contributed by atoms with Crippen molar-refractivity contribution in [2.24, 2.45) is 5.92 Å². The highest BCUT2D eigenvalue weighted by Gasteiger charge is 2.21. The van der Waals surface area contributed by atoms with Gasteiger partial charge in [0, 0.05) is 19.4 Å². The lowest BCUT2D eigenvalue weighted by Crippen LogP contribution is -2.15. The Bertz CT molecular complexity index is 389. The van der Waals surface area contributed by atoms with Crippen LogP contribution in [-0.2, 0) is 17.6 Å². The zero-order valence-corrected chi connectivity index (χ0v) is 10.1. The molecule has 0 spiro atoms. The molecule has 0 bridgehead atoms. The average molecular weight is 238 g/mol. The van der Waals surface area contributed by atoms with E-state index in [9.17, 15) is 4.79 Å². The van der Waals surface area contributed by atoms with Crippen LogP contribution >= 0.6 is 0 Å². The molecule has 94 valence electrons. The number of likely N-dealkylation sites (tertiary alicyclic amines) is 1. The van der Waals surface area contributed by atoms with Crippen LogP contribution in [0.15, 0.2) is 10.6 Å². The normalized spacial score (nSPS) is 20.9. The maximum absolute atomic E-state index is 10.4. The monoisotopic (exact) mass is 238 g/mol. The Morgan fingerprint density at radius 2 is 2.53 bits per heavy atom. The Morgan fingerprint density at radius 1 is 1.71 bits per heavy atom. The summed E-state index contributed by atoms with van der Waals surface area (Å²) in [4.78, 5) is 16.9. The van der Waals surface area contributed by atoms with Gasteiger partial charge in [-0.3, -0.25) is 4.79 Å². The first kappa shape index (κ1) is 12.1. The lowest BCUT2D eigenvalue weighted by atomic mass is 10.1. The molecule has 1 unspecified atom stereocenters. The number of carbonyl (C=O) groups is 1. The fraction of sp³-hybridized carbons (Fsp3) is 0.667. The highest BCUT2D eigenvalue weighted by Crippen LogP contribution is 2.19. The summed E-state index contributed by atoms with van der Waals surface area (Å²) < 4.78 is 5.54. The number of aliphatic carboxylic acids is 1. The molecule has 1 N–H and O–H groups in total. The van der Waals surface area contributed by atoms with E-state index in [4.69, 9.17) is 9.52 Å². The van der Waals surface area contributed by atoms with Crippen LogP contribution in [-0.4, -0.2) is 41.1 Å². The summed E-state index contributed by atoms with van der Waals surface area (Å²) in [5.41, 5.74) is 0. The predicted octanol–water partition coefficient (Wildman–Crippen LogP) is 1.19. The summed E-state index contributed by atoms with van der Waals surface area (Å²) in [6, 6.07) is 0. The third kappa shape index (κ3) is 3.56. The third-order valence-electron chi connectivity index (χ3n) is 3.14. The Balaban J connectivity index is 1.83. The minimum Gasteiger partial charge on any atom is -0.481 e. The summed E-state index contributed by atoms with van der Waals surface area (Å²) >= 11 is 0. The molecule has 1 atom stereocenters. The van der Waals surface area contributed by atoms with Crippen LogP contribution < -0.4 is 0 Å². The van der Waals surface area contributed by atoms with Gasteiger partial charge in [0.05, 0.1) is 12.6 Å². The van der Waals surface area contributed by atoms with Gasteiger partial charge in [0.1, 0.15) is 5.76 Å². The van der Waals surface area contributed by atoms with E-state index in [2.05, 4.69) is 16.9 Å². The summed E-state index contributed by atoms with van der Waals surface area (Å²) in [5.74, 6) is 1.23. The van der Waals surface area contributed by atoms with E-state index in [1.165, 1.54) is 6.42 Å². The van der Waals surface area contributed by atoms with Crippen molar-refractivity contribution in [3.63, 3.8) is 0 Å². The fourth-order valence-corrected chi connectivity index (χ4v) is 2.23. The van der Waals surface area contributed by atoms with Crippen LogP contribution in [0.3, 0.4) is 0 Å². The molecule has 1 aromatic rings. The Hall–Kier alpha value is -1.36. The van der Waals surface area contributed by atoms with Crippen LogP contribution in [0.5, 0.6) is 0 Å². The van der Waals surface area contributed by atoms with Gasteiger partial charge in [-0.05, 0) is 25.9 Å². The average Bonchev–Trinajstić information content (AvgIpc) is 2.86. The van der Waals surface area contributed by atoms with Crippen molar-refractivity contribution in [3.05, 3.63) is 17.8 Å². The van der Waals surface area contributed by atoms with Crippen molar-refractivity contribution in [3.8, 4) is 0 Å². The van der Waals surface area contributed by atoms with Crippen molar-refractivity contribution in [2.45, 2.75) is 25.7 Å². The molecule has 1 fully saturated rings. The van der Waals surface area contributed by atoms with Gasteiger partial charge < -0.3 is 14.4 Å². The van der Waals surface area contributed by atoms with Crippen molar-refractivity contribution in [1.29, 1.82) is 0 Å². The maximum atomic E-state index is 10.4. The summed E-state index contributed by atoms with van der Waals surface area (Å²) in [7, 11) is 2.12. The second kappa shape index (κ2) is 5.31. The van der Waals surface area contributed by atoms with Crippen LogP contribution in [0, 0.1) is 5.92 Å². The van der Waals surface area contributed by atoms with Crippen LogP contribution in [0.4, 0.5) is 0 Å². The van der Waals surface area contributed by atoms with Crippen LogP contribution in [0.2, 0.25) is 0 Å². The van der Waals surface area contributed by atoms with Crippen molar-refractivity contribution in [1.82, 2.24) is 9.88 Å². The minimum atomic E-state index is -0.805. The Morgan fingerprint density at radius 3 is 3.18 bits per heavy atom. The van der Waals surface area contributed by atoms with E-state index in [0.717, 1.165) is 25.4 Å². The first-order chi connectivity index (χ1) is 8.13. The number of aryl methyl sites for hydroxylation is 1. The lowest BCUT2D eigenvalue weighted by Gasteiger charge is -2.07. The molecular weight excluding hydrogens is 220 g/mol. The van der Waals surface area contributed by atoms with Crippen LogP contribution in [0.25, 0.3) is 0 Å². The number of aromatic nitrogens is 1. The third-order valence-corrected chi connectivity index (χ3v) is 3.14. The molecule has 1 saturated heterocycles. The minimum absolute atomic E-state index is 0.0980. The number of nitrogens with zero attached hydrogens (tertiary/aromatic N) is 2. The largest absolute Gasteiger partial charge is 0.481 e. The molecule has 0 aliphatic carbocycles. The number of carboxylic acids is 1. The van der Waals surface area contributed by atoms with E-state index in [0.29, 0.717) is 18.1 Å². The summed E-state index contributed by atoms with van der Waals surface area (Å²) in [6.07, 6.45) is 4.21. The molecule has 5 heteroatoms. The molecule has 0 amide bonds. The zero-order chi connectivity index (χ0) is 12.3. The van der Waals surface area contributed by atoms with E-state index in [-0.39, 0.29) is 6.42 Å². The van der Waals surface area contributed by atoms with Gasteiger partial charge in [0.25, 0.3) is 0 Å². The van der Waals surface area contributed by atoms with Crippen molar-refractivity contribution >= 4 is 5.97 Å². The summed E-state index contributed by atoms with van der Waals surface area (Å²) in [5, 5.41) is 8.57. The second-order valence-corrected chi connectivity index (χ2v) is 4.74. The highest BCUT2D eigenvalue weighted by molar-refractivity contribution is 5.66. The molecule has 0 radical (unpaired) electrons. The van der Waals surface area contributed by atoms with E-state index < -0.39 is 5.97 Å². The maximum Gasteiger partial charge on any atom is 0.303 e. The molecule has 2 heterocycles. The highest BCUT2D eigenvalue weighted by atomic mass is 16.4. The van der Waals surface area contributed by atoms with Gasteiger partial charge in [0.15, 0.2) is 5.89 Å². The molecule has 1 aromatic heterocycles. The lowest BCUT2D eigenvalue weighted by molar-refractivity contribution is -0.137. The fourth-order valence-electron chi connectivity index (χ4n) is 2.23. The van der Waals surface area contributed by atoms with Gasteiger partial charge in [-0.25, -0.2) is 4.98 Å². The predicted molar refractivity (Wildman–Crippen MR) is 61.8 cm³/mol. The molecule has 0 saturated carbocycles. The van der Waals surface area contributed by atoms with Crippen molar-refractivity contribution < 1.29 is 14.3 Å². The SMILES string of the molecule is CN1CCC(Cc2ncc(CCC(=O)O)o2)C1. The quantitative estimate of drug-likeness (QED) is 0.834. The Kier molecular flexibility index (Phi) is 3.78. The number of hydrogen-bond acceptors (Lipinski definition) is 4. The molecule has 5 nitrogen and oxygen atoms in total. The number of rotatable bonds is 5. The summed E-state index contributed by atoms with van der Waals surface area (Å²) in [6.45, 7) is 2.23. The number of carboxylic acid groups (broad SMARTS) is 1. The Labute approximate surface area is 100 Å². The molecule has 0 aromatic carbocycles. The van der Waals surface area contributed by atoms with Gasteiger partial charge in [0.2, 0.25) is 0 Å². The van der Waals surface area contributed by atoms with Gasteiger partial charge >= 0.3 is 5.97 Å². The van der Waals surface area contributed by atoms with Crippen molar-refractivity contribution in [2.75, 3.05) is 20.1 Å². The van der Waals surface area contributed by atoms with Gasteiger partial charge in [-0.15, -0.1) is 0 Å². The van der Waals surface area contributed by atoms with Crippen LogP contribution in [0.1, 0.15) is 24.5 Å². The second-order valence-electron chi connectivity index (χ2n) is 4.74. The number of oxazole rings is 1. The molecule has 17 heavy (non-hydrogen) atoms. The first-order valence-corrected chi connectivity index (χ1v) is 5.97. The van der Waals surface area contributed by atoms with E-state index in [1.54, 1.807) is 6.20 Å². The van der Waals surface area contributed by atoms with E-state index >= 15 is 0 Å². The standard InChI is InChI=1S/C12H18N2O3/c1-14-5-4-9(8-14)6-11-13-7-10(17-11)2-3-12(15)16/h7,9H,2-6,8H2,1H3,(H,15,16). The van der Waals surface area contributed by atoms with Gasteiger partial charge in [-0.2, -0.15) is 0 Å². The smallest absolute Gasteiger partial charge is 0.303 e. The van der Waals surface area contributed by atoms with Gasteiger partial charge in [-0.1, -0.05) is 0 Å². The van der Waals surface area contributed by atoms with E-state index in [1.807, 2.05) is 0 Å². The molecule has 2 rings (SSSR count). The zero-order valence-electron chi connectivity index (χ0n) is 10.1. The first-order valence-electron chi connectivity index (χ1n) is 5.97. The molecule has 1 aliphatic rings. The topological polar surface area (TPSA) is 66.6 Å².